The molecular weight excluding hydrogens is 380 g/mol. The molecule has 0 aromatic heterocycles. The minimum Gasteiger partial charge on any atom is -0.481 e. The number of carbonyl (C=O) groups is 3. The van der Waals surface area contributed by atoms with Crippen LogP contribution >= 0.6 is 0 Å². The number of carboxylic acids is 1. The van der Waals surface area contributed by atoms with Crippen LogP contribution < -0.4 is 4.90 Å². The number of aliphatic carboxylic acids is 1. The van der Waals surface area contributed by atoms with Gasteiger partial charge < -0.3 is 10.0 Å². The number of rotatable bonds is 6. The second-order valence-corrected chi connectivity index (χ2v) is 7.17. The Morgan fingerprint density at radius 2 is 1.37 bits per heavy atom. The number of carboxylic acid groups (broad SMARTS) is 1. The fourth-order valence-corrected chi connectivity index (χ4v) is 3.52. The quantitative estimate of drug-likeness (QED) is 0.636. The molecule has 0 radical (unpaired) electrons. The van der Waals surface area contributed by atoms with E-state index in [-0.39, 0.29) is 24.9 Å². The molecule has 0 spiro atoms. The van der Waals surface area contributed by atoms with E-state index in [1.165, 1.54) is 9.80 Å². The average Bonchev–Trinajstić information content (AvgIpc) is 3.02. The first-order valence-corrected chi connectivity index (χ1v) is 9.58. The number of imide groups is 1. The van der Waals surface area contributed by atoms with Crippen LogP contribution in [0.5, 0.6) is 0 Å². The van der Waals surface area contributed by atoms with Crippen LogP contribution in [0, 0.1) is 0 Å². The zero-order valence-corrected chi connectivity index (χ0v) is 16.2. The van der Waals surface area contributed by atoms with Gasteiger partial charge in [0, 0.05) is 6.54 Å². The Hall–Kier alpha value is -3.93. The van der Waals surface area contributed by atoms with Gasteiger partial charge in [-0.25, -0.2) is 9.69 Å². The van der Waals surface area contributed by atoms with Crippen LogP contribution in [0.25, 0.3) is 11.1 Å². The Bertz CT molecular complexity index is 1080. The van der Waals surface area contributed by atoms with Crippen molar-refractivity contribution in [3.63, 3.8) is 0 Å². The molecule has 6 nitrogen and oxygen atoms in total. The number of hydrogen-bond donors (Lipinski definition) is 1. The third-order valence-electron chi connectivity index (χ3n) is 5.02. The van der Waals surface area contributed by atoms with E-state index in [0.717, 1.165) is 22.3 Å². The van der Waals surface area contributed by atoms with Gasteiger partial charge in [0.25, 0.3) is 5.91 Å². The predicted octanol–water partition coefficient (Wildman–Crippen LogP) is 3.95. The van der Waals surface area contributed by atoms with Crippen LogP contribution in [-0.4, -0.2) is 34.5 Å². The van der Waals surface area contributed by atoms with E-state index in [1.54, 1.807) is 24.3 Å². The van der Waals surface area contributed by atoms with E-state index in [4.69, 9.17) is 5.11 Å². The molecule has 3 amide bonds. The molecule has 4 rings (SSSR count). The van der Waals surface area contributed by atoms with E-state index < -0.39 is 5.97 Å². The number of urea groups is 1. The van der Waals surface area contributed by atoms with Crippen LogP contribution in [-0.2, 0) is 22.6 Å². The molecule has 3 aromatic carbocycles. The van der Waals surface area contributed by atoms with Crippen LogP contribution in [0.15, 0.2) is 78.9 Å². The summed E-state index contributed by atoms with van der Waals surface area (Å²) in [6, 6.07) is 23.8. The standard InChI is InChI=1S/C24H20N2O4/c27-22-16-25(24(30)26(22)21-4-2-1-3-5-21)15-18-8-12-20(13-9-18)19-10-6-17(7-11-19)14-23(28)29/h1-13H,14-16H2,(H,28,29). The minimum atomic E-state index is -0.854. The first kappa shape index (κ1) is 19.4. The molecule has 1 saturated heterocycles. The summed E-state index contributed by atoms with van der Waals surface area (Å²) in [5.41, 5.74) is 4.24. The molecule has 0 unspecified atom stereocenters. The normalized spacial score (nSPS) is 13.7. The molecule has 3 aromatic rings. The molecule has 0 aliphatic carbocycles. The lowest BCUT2D eigenvalue weighted by Crippen LogP contribution is -2.32. The summed E-state index contributed by atoms with van der Waals surface area (Å²) in [4.78, 5) is 38.6. The van der Waals surface area contributed by atoms with Gasteiger partial charge in [-0.3, -0.25) is 9.59 Å². The number of hydrogen-bond acceptors (Lipinski definition) is 3. The number of para-hydroxylation sites is 1. The lowest BCUT2D eigenvalue weighted by Gasteiger charge is -2.17. The van der Waals surface area contributed by atoms with Crippen LogP contribution in [0.3, 0.4) is 0 Å². The summed E-state index contributed by atoms with van der Waals surface area (Å²) in [7, 11) is 0. The highest BCUT2D eigenvalue weighted by Gasteiger charge is 2.36. The summed E-state index contributed by atoms with van der Waals surface area (Å²) >= 11 is 0. The molecule has 0 bridgehead atoms. The highest BCUT2D eigenvalue weighted by atomic mass is 16.4. The molecule has 1 aliphatic rings. The van der Waals surface area contributed by atoms with E-state index in [9.17, 15) is 14.4 Å². The maximum absolute atomic E-state index is 12.7. The van der Waals surface area contributed by atoms with Gasteiger partial charge in [-0.2, -0.15) is 0 Å². The van der Waals surface area contributed by atoms with E-state index in [1.807, 2.05) is 54.6 Å². The third kappa shape index (κ3) is 4.07. The number of benzene rings is 3. The Labute approximate surface area is 174 Å². The van der Waals surface area contributed by atoms with Crippen molar-refractivity contribution in [2.75, 3.05) is 11.4 Å². The van der Waals surface area contributed by atoms with Gasteiger partial charge in [0.1, 0.15) is 6.54 Å². The van der Waals surface area contributed by atoms with Gasteiger partial charge in [0.05, 0.1) is 12.1 Å². The maximum Gasteiger partial charge on any atom is 0.332 e. The van der Waals surface area contributed by atoms with Crippen molar-refractivity contribution >= 4 is 23.6 Å². The van der Waals surface area contributed by atoms with Crippen molar-refractivity contribution in [3.05, 3.63) is 90.0 Å². The smallest absolute Gasteiger partial charge is 0.332 e. The fourth-order valence-electron chi connectivity index (χ4n) is 3.52. The van der Waals surface area contributed by atoms with Crippen molar-refractivity contribution < 1.29 is 19.5 Å². The van der Waals surface area contributed by atoms with Gasteiger partial charge in [-0.15, -0.1) is 0 Å². The molecule has 1 heterocycles. The number of carbonyl (C=O) groups excluding carboxylic acids is 2. The Morgan fingerprint density at radius 1 is 0.800 bits per heavy atom. The number of nitrogens with zero attached hydrogens (tertiary/aromatic N) is 2. The predicted molar refractivity (Wildman–Crippen MR) is 113 cm³/mol. The monoisotopic (exact) mass is 400 g/mol. The largest absolute Gasteiger partial charge is 0.481 e. The fraction of sp³-hybridized carbons (Fsp3) is 0.125. The second-order valence-electron chi connectivity index (χ2n) is 7.17. The van der Waals surface area contributed by atoms with Gasteiger partial charge >= 0.3 is 12.0 Å². The van der Waals surface area contributed by atoms with Crippen molar-refractivity contribution in [2.24, 2.45) is 0 Å². The van der Waals surface area contributed by atoms with Gasteiger partial charge in [-0.1, -0.05) is 66.7 Å². The molecule has 0 atom stereocenters. The lowest BCUT2D eigenvalue weighted by molar-refractivity contribution is -0.136. The average molecular weight is 400 g/mol. The van der Waals surface area contributed by atoms with E-state index in [2.05, 4.69) is 0 Å². The summed E-state index contributed by atoms with van der Waals surface area (Å²) in [5.74, 6) is -1.09. The SMILES string of the molecule is O=C(O)Cc1ccc(-c2ccc(CN3CC(=O)N(c4ccccc4)C3=O)cc2)cc1. The van der Waals surface area contributed by atoms with Crippen molar-refractivity contribution in [1.29, 1.82) is 0 Å². The third-order valence-corrected chi connectivity index (χ3v) is 5.02. The Kier molecular flexibility index (Phi) is 5.30. The Morgan fingerprint density at radius 3 is 1.93 bits per heavy atom. The highest BCUT2D eigenvalue weighted by molar-refractivity contribution is 6.19. The highest BCUT2D eigenvalue weighted by Crippen LogP contribution is 2.24. The first-order valence-electron chi connectivity index (χ1n) is 9.58. The number of anilines is 1. The Balaban J connectivity index is 1.44. The molecule has 6 heteroatoms. The first-order chi connectivity index (χ1) is 14.5. The summed E-state index contributed by atoms with van der Waals surface area (Å²) < 4.78 is 0. The molecule has 150 valence electrons. The van der Waals surface area contributed by atoms with E-state index >= 15 is 0 Å². The zero-order valence-electron chi connectivity index (χ0n) is 16.2. The molecular formula is C24H20N2O4. The molecule has 30 heavy (non-hydrogen) atoms. The molecule has 1 aliphatic heterocycles. The van der Waals surface area contributed by atoms with Crippen LogP contribution in [0.4, 0.5) is 10.5 Å². The van der Waals surface area contributed by atoms with E-state index in [0.29, 0.717) is 12.2 Å². The van der Waals surface area contributed by atoms with Crippen LogP contribution in [0.1, 0.15) is 11.1 Å². The van der Waals surface area contributed by atoms with Crippen LogP contribution in [0.2, 0.25) is 0 Å². The zero-order chi connectivity index (χ0) is 21.1. The maximum atomic E-state index is 12.7. The lowest BCUT2D eigenvalue weighted by atomic mass is 10.0. The van der Waals surface area contributed by atoms with Crippen molar-refractivity contribution in [1.82, 2.24) is 4.90 Å². The van der Waals surface area contributed by atoms with Crippen molar-refractivity contribution in [2.45, 2.75) is 13.0 Å². The molecule has 1 fully saturated rings. The minimum absolute atomic E-state index is 0.00179. The second kappa shape index (κ2) is 8.21. The number of amides is 3. The van der Waals surface area contributed by atoms with Gasteiger partial charge in [-0.05, 0) is 34.4 Å². The summed E-state index contributed by atoms with van der Waals surface area (Å²) in [6.07, 6.45) is 0.00179. The van der Waals surface area contributed by atoms with Gasteiger partial charge in [0.2, 0.25) is 0 Å². The topological polar surface area (TPSA) is 77.9 Å². The molecule has 1 N–H and O–H groups in total. The summed E-state index contributed by atoms with van der Waals surface area (Å²) in [5, 5.41) is 8.87. The van der Waals surface area contributed by atoms with Gasteiger partial charge in [0.15, 0.2) is 0 Å². The summed E-state index contributed by atoms with van der Waals surface area (Å²) in [6.45, 7) is 0.409. The van der Waals surface area contributed by atoms with Crippen molar-refractivity contribution in [3.8, 4) is 11.1 Å². The molecule has 0 saturated carbocycles.